The largest absolute Gasteiger partial charge is 0.467 e. The van der Waals surface area contributed by atoms with Crippen LogP contribution in [0.5, 0.6) is 17.2 Å². The van der Waals surface area contributed by atoms with Crippen LogP contribution >= 0.6 is 11.6 Å². The van der Waals surface area contributed by atoms with Crippen molar-refractivity contribution in [3.05, 3.63) is 57.8 Å². The van der Waals surface area contributed by atoms with E-state index in [0.717, 1.165) is 5.56 Å². The number of benzene rings is 2. The summed E-state index contributed by atoms with van der Waals surface area (Å²) in [5.74, 6) is 1.07. The number of hydrogen-bond donors (Lipinski definition) is 0. The summed E-state index contributed by atoms with van der Waals surface area (Å²) >= 11 is 6.17. The molecule has 0 N–H and O–H groups in total. The van der Waals surface area contributed by atoms with Gasteiger partial charge in [0.15, 0.2) is 12.6 Å². The van der Waals surface area contributed by atoms with Crippen molar-refractivity contribution < 1.29 is 28.5 Å². The number of carbonyl (C=O) groups is 2. The third-order valence-electron chi connectivity index (χ3n) is 4.20. The Labute approximate surface area is 166 Å². The molecule has 1 amide bonds. The van der Waals surface area contributed by atoms with E-state index in [9.17, 15) is 9.59 Å². The Hall–Kier alpha value is -3.03. The average molecular weight is 402 g/mol. The highest BCUT2D eigenvalue weighted by Gasteiger charge is 2.29. The molecule has 2 heterocycles. The molecule has 0 saturated heterocycles. The summed E-state index contributed by atoms with van der Waals surface area (Å²) < 4.78 is 21.7. The van der Waals surface area contributed by atoms with Crippen LogP contribution in [0.1, 0.15) is 21.5 Å². The minimum atomic E-state index is -0.523. The van der Waals surface area contributed by atoms with E-state index in [4.69, 9.17) is 30.5 Å². The topological polar surface area (TPSA) is 74.3 Å². The predicted octanol–water partition coefficient (Wildman–Crippen LogP) is 3.88. The second-order valence-electron chi connectivity index (χ2n) is 6.45. The lowest BCUT2D eigenvalue weighted by Gasteiger charge is -2.20. The van der Waals surface area contributed by atoms with E-state index in [0.29, 0.717) is 34.3 Å². The lowest BCUT2D eigenvalue weighted by molar-refractivity contribution is -0.0165. The molecule has 2 aromatic carbocycles. The monoisotopic (exact) mass is 401 g/mol. The van der Waals surface area contributed by atoms with Crippen LogP contribution in [0.4, 0.5) is 4.79 Å². The molecule has 2 aromatic rings. The van der Waals surface area contributed by atoms with E-state index in [-0.39, 0.29) is 24.1 Å². The minimum Gasteiger partial charge on any atom is -0.467 e. The van der Waals surface area contributed by atoms with Gasteiger partial charge in [0.2, 0.25) is 5.78 Å². The maximum atomic E-state index is 12.7. The van der Waals surface area contributed by atoms with Gasteiger partial charge in [-0.25, -0.2) is 4.79 Å². The zero-order chi connectivity index (χ0) is 19.8. The number of Topliss-reactive ketones (excluding diaryl/α,β-unsaturated/α-hetero) is 1. The number of allylic oxidation sites excluding steroid dienone is 1. The molecule has 0 aromatic heterocycles. The van der Waals surface area contributed by atoms with Gasteiger partial charge < -0.3 is 23.8 Å². The van der Waals surface area contributed by atoms with Crippen LogP contribution in [-0.2, 0) is 11.3 Å². The van der Waals surface area contributed by atoms with Crippen molar-refractivity contribution in [1.82, 2.24) is 4.90 Å². The summed E-state index contributed by atoms with van der Waals surface area (Å²) in [7, 11) is 3.16. The molecular formula is C20H16ClNO6. The Bertz CT molecular complexity index is 1010. The fraction of sp³-hybridized carbons (Fsp3) is 0.200. The molecule has 7 nitrogen and oxygen atoms in total. The van der Waals surface area contributed by atoms with Gasteiger partial charge in [-0.1, -0.05) is 11.6 Å². The first-order valence-corrected chi connectivity index (χ1v) is 8.80. The van der Waals surface area contributed by atoms with Gasteiger partial charge in [0, 0.05) is 36.3 Å². The van der Waals surface area contributed by atoms with Gasteiger partial charge in [0.05, 0.1) is 12.2 Å². The molecule has 0 atom stereocenters. The standard InChI is InChI=1S/C20H16ClNO6/c1-22(2)20(24)27-14-3-4-15-16(8-14)28-17(18(15)23)7-11-5-13(21)6-12-9-25-10-26-19(11)12/h3-8H,9-10H2,1-2H3. The van der Waals surface area contributed by atoms with Crippen molar-refractivity contribution in [2.45, 2.75) is 6.61 Å². The second kappa shape index (κ2) is 7.18. The average Bonchev–Trinajstić information content (AvgIpc) is 2.96. The minimum absolute atomic E-state index is 0.125. The van der Waals surface area contributed by atoms with E-state index in [2.05, 4.69) is 0 Å². The molecule has 0 radical (unpaired) electrons. The third-order valence-corrected chi connectivity index (χ3v) is 4.42. The van der Waals surface area contributed by atoms with Crippen molar-refractivity contribution in [2.24, 2.45) is 0 Å². The van der Waals surface area contributed by atoms with Crippen LogP contribution in [-0.4, -0.2) is 37.7 Å². The number of halogens is 1. The molecule has 2 aliphatic heterocycles. The van der Waals surface area contributed by atoms with Crippen LogP contribution in [0, 0.1) is 0 Å². The number of amides is 1. The molecule has 0 aliphatic carbocycles. The molecule has 0 spiro atoms. The third kappa shape index (κ3) is 3.42. The van der Waals surface area contributed by atoms with Gasteiger partial charge in [0.1, 0.15) is 17.2 Å². The number of carbonyl (C=O) groups excluding carboxylic acids is 2. The highest BCUT2D eigenvalue weighted by atomic mass is 35.5. The number of hydrogen-bond acceptors (Lipinski definition) is 6. The van der Waals surface area contributed by atoms with Crippen molar-refractivity contribution in [3.63, 3.8) is 0 Å². The fourth-order valence-electron chi connectivity index (χ4n) is 2.88. The summed E-state index contributed by atoms with van der Waals surface area (Å²) in [4.78, 5) is 25.7. The maximum absolute atomic E-state index is 12.7. The lowest BCUT2D eigenvalue weighted by atomic mass is 10.1. The Balaban J connectivity index is 1.65. The van der Waals surface area contributed by atoms with Gasteiger partial charge in [-0.2, -0.15) is 0 Å². The van der Waals surface area contributed by atoms with Crippen LogP contribution in [0.2, 0.25) is 5.02 Å². The highest BCUT2D eigenvalue weighted by molar-refractivity contribution is 6.31. The zero-order valence-electron chi connectivity index (χ0n) is 15.2. The van der Waals surface area contributed by atoms with Crippen LogP contribution in [0.25, 0.3) is 6.08 Å². The fourth-order valence-corrected chi connectivity index (χ4v) is 3.13. The number of nitrogens with zero attached hydrogens (tertiary/aromatic N) is 1. The van der Waals surface area contributed by atoms with E-state index >= 15 is 0 Å². The van der Waals surface area contributed by atoms with Crippen molar-refractivity contribution >= 4 is 29.6 Å². The smallest absolute Gasteiger partial charge is 0.414 e. The normalized spacial score (nSPS) is 16.1. The summed E-state index contributed by atoms with van der Waals surface area (Å²) in [6, 6.07) is 8.08. The molecule has 0 bridgehead atoms. The van der Waals surface area contributed by atoms with Gasteiger partial charge in [0.25, 0.3) is 0 Å². The van der Waals surface area contributed by atoms with Gasteiger partial charge in [-0.05, 0) is 30.3 Å². The molecule has 144 valence electrons. The van der Waals surface area contributed by atoms with Crippen LogP contribution in [0.15, 0.2) is 36.1 Å². The second-order valence-corrected chi connectivity index (χ2v) is 6.89. The number of ketones is 1. The molecule has 8 heteroatoms. The lowest BCUT2D eigenvalue weighted by Crippen LogP contribution is -2.25. The predicted molar refractivity (Wildman–Crippen MR) is 101 cm³/mol. The molecule has 4 rings (SSSR count). The Morgan fingerprint density at radius 2 is 2.07 bits per heavy atom. The van der Waals surface area contributed by atoms with Crippen molar-refractivity contribution in [3.8, 4) is 17.2 Å². The number of fused-ring (bicyclic) bond motifs is 2. The molecule has 28 heavy (non-hydrogen) atoms. The van der Waals surface area contributed by atoms with Crippen molar-refractivity contribution in [2.75, 3.05) is 20.9 Å². The van der Waals surface area contributed by atoms with Gasteiger partial charge in [-0.3, -0.25) is 4.79 Å². The first kappa shape index (κ1) is 18.3. The molecular weight excluding hydrogens is 386 g/mol. The zero-order valence-corrected chi connectivity index (χ0v) is 15.9. The van der Waals surface area contributed by atoms with E-state index < -0.39 is 6.09 Å². The van der Waals surface area contributed by atoms with E-state index in [1.165, 1.54) is 11.0 Å². The Morgan fingerprint density at radius 1 is 1.25 bits per heavy atom. The van der Waals surface area contributed by atoms with Gasteiger partial charge in [-0.15, -0.1) is 0 Å². The molecule has 0 unspecified atom stereocenters. The summed E-state index contributed by atoms with van der Waals surface area (Å²) in [6.45, 7) is 0.502. The first-order valence-electron chi connectivity index (χ1n) is 8.43. The molecule has 0 fully saturated rings. The summed E-state index contributed by atoms with van der Waals surface area (Å²) in [5, 5.41) is 0.501. The van der Waals surface area contributed by atoms with Crippen LogP contribution < -0.4 is 14.2 Å². The molecule has 0 saturated carbocycles. The molecule has 2 aliphatic rings. The number of ether oxygens (including phenoxy) is 4. The van der Waals surface area contributed by atoms with E-state index in [1.807, 2.05) is 0 Å². The SMILES string of the molecule is CN(C)C(=O)Oc1ccc2c(c1)OC(=Cc1cc(Cl)cc3c1OCOC3)C2=O. The highest BCUT2D eigenvalue weighted by Crippen LogP contribution is 2.38. The summed E-state index contributed by atoms with van der Waals surface area (Å²) in [6.07, 6.45) is 1.06. The maximum Gasteiger partial charge on any atom is 0.414 e. The quantitative estimate of drug-likeness (QED) is 0.711. The van der Waals surface area contributed by atoms with Crippen molar-refractivity contribution in [1.29, 1.82) is 0 Å². The first-order chi connectivity index (χ1) is 13.4. The number of rotatable bonds is 2. The summed E-state index contributed by atoms with van der Waals surface area (Å²) in [5.41, 5.74) is 1.81. The van der Waals surface area contributed by atoms with Gasteiger partial charge >= 0.3 is 6.09 Å². The Morgan fingerprint density at radius 3 is 2.86 bits per heavy atom. The van der Waals surface area contributed by atoms with E-state index in [1.54, 1.807) is 44.4 Å². The Kier molecular flexibility index (Phi) is 4.70. The van der Waals surface area contributed by atoms with Crippen LogP contribution in [0.3, 0.4) is 0 Å².